The molecule has 0 amide bonds. The maximum absolute atomic E-state index is 6.27. The Morgan fingerprint density at radius 2 is 1.70 bits per heavy atom. The van der Waals surface area contributed by atoms with Crippen molar-refractivity contribution in [3.63, 3.8) is 0 Å². The zero-order valence-corrected chi connectivity index (χ0v) is 15.1. The average Bonchev–Trinajstić information content (AvgIpc) is 2.32. The van der Waals surface area contributed by atoms with Crippen LogP contribution < -0.4 is 0 Å². The van der Waals surface area contributed by atoms with Gasteiger partial charge in [0.05, 0.1) is 9.26 Å². The van der Waals surface area contributed by atoms with Crippen LogP contribution in [0.1, 0.15) is 30.7 Å². The maximum Gasteiger partial charge on any atom is 0.161 e. The van der Waals surface area contributed by atoms with E-state index in [4.69, 9.17) is 16.6 Å². The first-order chi connectivity index (χ1) is 9.36. The largest absolute Gasteiger partial charge is 0.232 e. The van der Waals surface area contributed by atoms with Crippen molar-refractivity contribution in [3.8, 4) is 11.4 Å². The fourth-order valence-electron chi connectivity index (χ4n) is 2.22. The smallest absolute Gasteiger partial charge is 0.161 e. The fraction of sp³-hybridized carbons (Fsp3) is 0.375. The molecule has 0 aliphatic rings. The highest BCUT2D eigenvalue weighted by molar-refractivity contribution is 14.1. The van der Waals surface area contributed by atoms with Gasteiger partial charge in [-0.15, -0.1) is 0 Å². The summed E-state index contributed by atoms with van der Waals surface area (Å²) in [5.41, 5.74) is 4.49. The van der Waals surface area contributed by atoms with Crippen LogP contribution in [-0.2, 0) is 6.42 Å². The van der Waals surface area contributed by atoms with Crippen molar-refractivity contribution in [2.24, 2.45) is 5.92 Å². The standard InChI is InChI=1S/C16H18ClIN2/c1-9(2)5-13-14(18)15(17)20-16(19-13)12-7-10(3)6-11(4)8-12/h6-9H,5H2,1-4H3. The Kier molecular flexibility index (Phi) is 5.02. The summed E-state index contributed by atoms with van der Waals surface area (Å²) < 4.78 is 0.964. The Bertz CT molecular complexity index is 618. The topological polar surface area (TPSA) is 25.8 Å². The van der Waals surface area contributed by atoms with E-state index in [0.29, 0.717) is 11.1 Å². The van der Waals surface area contributed by atoms with Gasteiger partial charge in [-0.1, -0.05) is 42.6 Å². The summed E-state index contributed by atoms with van der Waals surface area (Å²) in [5, 5.41) is 0.547. The summed E-state index contributed by atoms with van der Waals surface area (Å²) in [4.78, 5) is 9.16. The summed E-state index contributed by atoms with van der Waals surface area (Å²) >= 11 is 8.50. The first-order valence-corrected chi connectivity index (χ1v) is 8.13. The molecule has 0 N–H and O–H groups in total. The quantitative estimate of drug-likeness (QED) is 0.521. The molecule has 0 saturated carbocycles. The summed E-state index contributed by atoms with van der Waals surface area (Å²) in [6.45, 7) is 8.53. The van der Waals surface area contributed by atoms with Gasteiger partial charge in [0.2, 0.25) is 0 Å². The molecule has 0 bridgehead atoms. The molecule has 0 spiro atoms. The lowest BCUT2D eigenvalue weighted by molar-refractivity contribution is 0.632. The Labute approximate surface area is 139 Å². The van der Waals surface area contributed by atoms with E-state index in [2.05, 4.69) is 73.5 Å². The molecule has 1 aromatic carbocycles. The number of hydrogen-bond acceptors (Lipinski definition) is 2. The zero-order valence-electron chi connectivity index (χ0n) is 12.2. The molecule has 0 unspecified atom stereocenters. The SMILES string of the molecule is Cc1cc(C)cc(-c2nc(Cl)c(I)c(CC(C)C)n2)c1. The van der Waals surface area contributed by atoms with Crippen molar-refractivity contribution in [1.82, 2.24) is 9.97 Å². The van der Waals surface area contributed by atoms with Gasteiger partial charge in [-0.25, -0.2) is 9.97 Å². The Morgan fingerprint density at radius 1 is 1.10 bits per heavy atom. The molecular formula is C16H18ClIN2. The predicted octanol–water partition coefficient (Wildman–Crippen LogP) is 5.22. The van der Waals surface area contributed by atoms with Crippen LogP contribution in [0.4, 0.5) is 0 Å². The van der Waals surface area contributed by atoms with E-state index in [1.165, 1.54) is 11.1 Å². The first kappa shape index (κ1) is 15.7. The van der Waals surface area contributed by atoms with Gasteiger partial charge in [0.1, 0.15) is 5.15 Å². The molecule has 1 aromatic heterocycles. The molecule has 0 radical (unpaired) electrons. The van der Waals surface area contributed by atoms with Crippen molar-refractivity contribution in [1.29, 1.82) is 0 Å². The van der Waals surface area contributed by atoms with Crippen LogP contribution in [0.25, 0.3) is 11.4 Å². The number of rotatable bonds is 3. The number of aromatic nitrogens is 2. The van der Waals surface area contributed by atoms with Gasteiger partial charge in [-0.2, -0.15) is 0 Å². The number of halogens is 2. The minimum Gasteiger partial charge on any atom is -0.232 e. The highest BCUT2D eigenvalue weighted by atomic mass is 127. The molecule has 0 fully saturated rings. The van der Waals surface area contributed by atoms with Crippen LogP contribution >= 0.6 is 34.2 Å². The number of benzene rings is 1. The van der Waals surface area contributed by atoms with E-state index < -0.39 is 0 Å². The van der Waals surface area contributed by atoms with E-state index in [1.807, 2.05) is 0 Å². The third-order valence-corrected chi connectivity index (χ3v) is 4.69. The fourth-order valence-corrected chi connectivity index (χ4v) is 2.87. The molecule has 2 aromatic rings. The van der Waals surface area contributed by atoms with Crippen molar-refractivity contribution >= 4 is 34.2 Å². The molecule has 0 atom stereocenters. The van der Waals surface area contributed by atoms with Gasteiger partial charge in [0, 0.05) is 5.56 Å². The second kappa shape index (κ2) is 6.39. The van der Waals surface area contributed by atoms with Crippen molar-refractivity contribution in [2.45, 2.75) is 34.1 Å². The molecule has 0 saturated heterocycles. The Morgan fingerprint density at radius 3 is 2.25 bits per heavy atom. The lowest BCUT2D eigenvalue weighted by Gasteiger charge is -2.11. The van der Waals surface area contributed by atoms with Crippen LogP contribution in [0, 0.1) is 23.3 Å². The highest BCUT2D eigenvalue weighted by Gasteiger charge is 2.13. The predicted molar refractivity (Wildman–Crippen MR) is 93.2 cm³/mol. The molecule has 4 heteroatoms. The Hall–Kier alpha value is -0.680. The van der Waals surface area contributed by atoms with Crippen LogP contribution in [-0.4, -0.2) is 9.97 Å². The average molecular weight is 401 g/mol. The van der Waals surface area contributed by atoms with E-state index in [9.17, 15) is 0 Å². The number of hydrogen-bond donors (Lipinski definition) is 0. The van der Waals surface area contributed by atoms with Crippen molar-refractivity contribution in [2.75, 3.05) is 0 Å². The van der Waals surface area contributed by atoms with Crippen molar-refractivity contribution < 1.29 is 0 Å². The number of nitrogens with zero attached hydrogens (tertiary/aromatic N) is 2. The molecule has 20 heavy (non-hydrogen) atoms. The minimum atomic E-state index is 0.543. The third-order valence-electron chi connectivity index (χ3n) is 2.96. The zero-order chi connectivity index (χ0) is 14.9. The number of aryl methyl sites for hydroxylation is 2. The van der Waals surface area contributed by atoms with Gasteiger partial charge >= 0.3 is 0 Å². The third kappa shape index (κ3) is 3.70. The summed E-state index contributed by atoms with van der Waals surface area (Å²) in [5.74, 6) is 1.26. The van der Waals surface area contributed by atoms with Crippen LogP contribution in [0.2, 0.25) is 5.15 Å². The monoisotopic (exact) mass is 400 g/mol. The molecule has 1 heterocycles. The van der Waals surface area contributed by atoms with Crippen LogP contribution in [0.3, 0.4) is 0 Å². The van der Waals surface area contributed by atoms with E-state index in [0.717, 1.165) is 27.1 Å². The summed E-state index contributed by atoms with van der Waals surface area (Å²) in [7, 11) is 0. The second-order valence-corrected chi connectivity index (χ2v) is 7.01. The highest BCUT2D eigenvalue weighted by Crippen LogP contribution is 2.26. The molecule has 2 nitrogen and oxygen atoms in total. The molecule has 0 aliphatic carbocycles. The van der Waals surface area contributed by atoms with Gasteiger partial charge in [-0.05, 0) is 60.9 Å². The van der Waals surface area contributed by atoms with Crippen LogP contribution in [0.5, 0.6) is 0 Å². The molecule has 0 aliphatic heterocycles. The normalized spacial score (nSPS) is 11.2. The molecule has 106 valence electrons. The van der Waals surface area contributed by atoms with E-state index >= 15 is 0 Å². The first-order valence-electron chi connectivity index (χ1n) is 6.67. The summed E-state index contributed by atoms with van der Waals surface area (Å²) in [6.07, 6.45) is 0.915. The van der Waals surface area contributed by atoms with Gasteiger partial charge in [-0.3, -0.25) is 0 Å². The lowest BCUT2D eigenvalue weighted by atomic mass is 10.1. The van der Waals surface area contributed by atoms with E-state index in [1.54, 1.807) is 0 Å². The van der Waals surface area contributed by atoms with Crippen LogP contribution in [0.15, 0.2) is 18.2 Å². The van der Waals surface area contributed by atoms with Gasteiger partial charge < -0.3 is 0 Å². The van der Waals surface area contributed by atoms with Crippen molar-refractivity contribution in [3.05, 3.63) is 43.7 Å². The molecular weight excluding hydrogens is 383 g/mol. The van der Waals surface area contributed by atoms with Gasteiger partial charge in [0.15, 0.2) is 5.82 Å². The second-order valence-electron chi connectivity index (χ2n) is 5.57. The maximum atomic E-state index is 6.27. The molecule has 2 rings (SSSR count). The summed E-state index contributed by atoms with van der Waals surface area (Å²) in [6, 6.07) is 6.35. The van der Waals surface area contributed by atoms with Gasteiger partial charge in [0.25, 0.3) is 0 Å². The Balaban J connectivity index is 2.54. The minimum absolute atomic E-state index is 0.543. The lowest BCUT2D eigenvalue weighted by Crippen LogP contribution is -2.04. The van der Waals surface area contributed by atoms with E-state index in [-0.39, 0.29) is 0 Å².